The monoisotopic (exact) mass is 343 g/mol. The van der Waals surface area contributed by atoms with Crippen molar-refractivity contribution < 1.29 is 4.74 Å². The van der Waals surface area contributed by atoms with E-state index in [4.69, 9.17) is 45.9 Å². The van der Waals surface area contributed by atoms with Crippen molar-refractivity contribution in [3.05, 3.63) is 52.0 Å². The number of halogens is 2. The van der Waals surface area contributed by atoms with Crippen LogP contribution in [0.15, 0.2) is 41.3 Å². The highest BCUT2D eigenvalue weighted by molar-refractivity contribution is 7.98. The number of benzene rings is 2. The standard InChI is InChI=1S/C14H11Cl2NOS2/c1-20-12-4-2-3-11(13(12)14(17)19)18-10-6-8(15)5-9(16)7-10/h2-7H,1H3,(H2,17,19). The Hall–Kier alpha value is -0.940. The Morgan fingerprint density at radius 1 is 1.20 bits per heavy atom. The van der Waals surface area contributed by atoms with E-state index in [1.54, 1.807) is 30.0 Å². The van der Waals surface area contributed by atoms with Gasteiger partial charge < -0.3 is 10.5 Å². The number of rotatable bonds is 4. The number of ether oxygens (including phenoxy) is 1. The Morgan fingerprint density at radius 3 is 2.40 bits per heavy atom. The molecule has 0 radical (unpaired) electrons. The molecule has 0 aromatic heterocycles. The molecule has 0 saturated heterocycles. The van der Waals surface area contributed by atoms with Gasteiger partial charge in [-0.25, -0.2) is 0 Å². The van der Waals surface area contributed by atoms with Crippen LogP contribution in [0.4, 0.5) is 0 Å². The van der Waals surface area contributed by atoms with Crippen LogP contribution < -0.4 is 10.5 Å². The minimum atomic E-state index is 0.290. The molecule has 0 saturated carbocycles. The molecule has 104 valence electrons. The lowest BCUT2D eigenvalue weighted by Crippen LogP contribution is -2.12. The summed E-state index contributed by atoms with van der Waals surface area (Å²) in [4.78, 5) is 1.25. The molecule has 0 aliphatic rings. The van der Waals surface area contributed by atoms with Gasteiger partial charge in [-0.1, -0.05) is 41.5 Å². The van der Waals surface area contributed by atoms with Crippen molar-refractivity contribution in [2.75, 3.05) is 6.26 Å². The number of hydrogen-bond acceptors (Lipinski definition) is 3. The molecule has 0 fully saturated rings. The molecule has 0 amide bonds. The second-order valence-corrected chi connectivity index (χ2v) is 6.07. The first kappa shape index (κ1) is 15.4. The summed E-state index contributed by atoms with van der Waals surface area (Å²) in [6, 6.07) is 10.6. The summed E-state index contributed by atoms with van der Waals surface area (Å²) in [6.45, 7) is 0. The Bertz CT molecular complexity index is 641. The van der Waals surface area contributed by atoms with Crippen molar-refractivity contribution in [1.29, 1.82) is 0 Å². The molecule has 2 N–H and O–H groups in total. The van der Waals surface area contributed by atoms with Gasteiger partial charge in [0.2, 0.25) is 0 Å². The summed E-state index contributed by atoms with van der Waals surface area (Å²) >= 11 is 18.6. The Morgan fingerprint density at radius 2 is 1.85 bits per heavy atom. The fourth-order valence-electron chi connectivity index (χ4n) is 1.72. The zero-order valence-corrected chi connectivity index (χ0v) is 13.7. The van der Waals surface area contributed by atoms with Gasteiger partial charge >= 0.3 is 0 Å². The van der Waals surface area contributed by atoms with E-state index in [1.165, 1.54) is 0 Å². The first-order valence-corrected chi connectivity index (χ1v) is 8.01. The second kappa shape index (κ2) is 6.68. The van der Waals surface area contributed by atoms with Crippen molar-refractivity contribution in [3.63, 3.8) is 0 Å². The topological polar surface area (TPSA) is 35.2 Å². The summed E-state index contributed by atoms with van der Waals surface area (Å²) in [7, 11) is 0. The van der Waals surface area contributed by atoms with Crippen molar-refractivity contribution in [3.8, 4) is 11.5 Å². The van der Waals surface area contributed by atoms with Crippen LogP contribution in [-0.4, -0.2) is 11.2 Å². The summed E-state index contributed by atoms with van der Waals surface area (Å²) in [5, 5.41) is 1.01. The van der Waals surface area contributed by atoms with E-state index >= 15 is 0 Å². The molecular weight excluding hydrogens is 333 g/mol. The third-order valence-electron chi connectivity index (χ3n) is 2.52. The molecule has 20 heavy (non-hydrogen) atoms. The van der Waals surface area contributed by atoms with E-state index in [-0.39, 0.29) is 4.99 Å². The summed E-state index contributed by atoms with van der Waals surface area (Å²) < 4.78 is 5.83. The SMILES string of the molecule is CSc1cccc(Oc2cc(Cl)cc(Cl)c2)c1C(N)=S. The Balaban J connectivity index is 2.45. The smallest absolute Gasteiger partial charge is 0.138 e. The zero-order chi connectivity index (χ0) is 14.7. The van der Waals surface area contributed by atoms with E-state index in [0.717, 1.165) is 4.90 Å². The Kier molecular flexibility index (Phi) is 5.16. The molecule has 0 aliphatic heterocycles. The summed E-state index contributed by atoms with van der Waals surface area (Å²) in [6.07, 6.45) is 1.96. The normalized spacial score (nSPS) is 10.3. The van der Waals surface area contributed by atoms with Crippen LogP contribution in [0, 0.1) is 0 Å². The lowest BCUT2D eigenvalue weighted by atomic mass is 10.2. The van der Waals surface area contributed by atoms with Crippen molar-refractivity contribution >= 4 is 52.2 Å². The lowest BCUT2D eigenvalue weighted by molar-refractivity contribution is 0.480. The van der Waals surface area contributed by atoms with Crippen LogP contribution in [0.1, 0.15) is 5.56 Å². The molecule has 2 nitrogen and oxygen atoms in total. The van der Waals surface area contributed by atoms with Crippen LogP contribution in [0.25, 0.3) is 0 Å². The van der Waals surface area contributed by atoms with Gasteiger partial charge in [0.05, 0.1) is 5.56 Å². The largest absolute Gasteiger partial charge is 0.456 e. The fourth-order valence-corrected chi connectivity index (χ4v) is 3.13. The van der Waals surface area contributed by atoms with Gasteiger partial charge in [-0.3, -0.25) is 0 Å². The third kappa shape index (κ3) is 3.58. The van der Waals surface area contributed by atoms with Crippen molar-refractivity contribution in [2.45, 2.75) is 4.90 Å². The number of nitrogens with two attached hydrogens (primary N) is 1. The molecule has 0 atom stereocenters. The number of thiocarbonyl (C=S) groups is 1. The van der Waals surface area contributed by atoms with Crippen LogP contribution in [0.3, 0.4) is 0 Å². The zero-order valence-electron chi connectivity index (χ0n) is 10.5. The molecule has 6 heteroatoms. The maximum Gasteiger partial charge on any atom is 0.138 e. The molecule has 0 bridgehead atoms. The quantitative estimate of drug-likeness (QED) is 0.615. The molecule has 2 aromatic carbocycles. The van der Waals surface area contributed by atoms with Gasteiger partial charge in [-0.2, -0.15) is 0 Å². The summed E-state index contributed by atoms with van der Waals surface area (Å²) in [5.41, 5.74) is 6.50. The van der Waals surface area contributed by atoms with Crippen LogP contribution >= 0.6 is 47.2 Å². The Labute approximate surface area is 137 Å². The first-order valence-electron chi connectivity index (χ1n) is 5.62. The van der Waals surface area contributed by atoms with Crippen molar-refractivity contribution in [2.24, 2.45) is 5.73 Å². The molecule has 0 spiro atoms. The minimum absolute atomic E-state index is 0.290. The van der Waals surface area contributed by atoms with E-state index in [2.05, 4.69) is 0 Å². The van der Waals surface area contributed by atoms with Crippen LogP contribution in [0.5, 0.6) is 11.5 Å². The van der Waals surface area contributed by atoms with E-state index < -0.39 is 0 Å². The van der Waals surface area contributed by atoms with Crippen LogP contribution in [-0.2, 0) is 0 Å². The molecule has 0 unspecified atom stereocenters. The van der Waals surface area contributed by atoms with E-state index in [1.807, 2.05) is 24.5 Å². The minimum Gasteiger partial charge on any atom is -0.456 e. The molecule has 0 heterocycles. The first-order chi connectivity index (χ1) is 9.51. The highest BCUT2D eigenvalue weighted by Crippen LogP contribution is 2.34. The van der Waals surface area contributed by atoms with Crippen LogP contribution in [0.2, 0.25) is 10.0 Å². The van der Waals surface area contributed by atoms with Gasteiger partial charge in [-0.05, 0) is 36.6 Å². The fraction of sp³-hybridized carbons (Fsp3) is 0.0714. The maximum absolute atomic E-state index is 5.96. The molecule has 2 rings (SSSR count). The van der Waals surface area contributed by atoms with E-state index in [9.17, 15) is 0 Å². The van der Waals surface area contributed by atoms with Gasteiger partial charge in [0, 0.05) is 14.9 Å². The second-order valence-electron chi connectivity index (χ2n) is 3.90. The molecular formula is C14H11Cl2NOS2. The van der Waals surface area contributed by atoms with Gasteiger partial charge in [0.25, 0.3) is 0 Å². The van der Waals surface area contributed by atoms with Gasteiger partial charge in [-0.15, -0.1) is 11.8 Å². The molecule has 2 aromatic rings. The van der Waals surface area contributed by atoms with E-state index in [0.29, 0.717) is 27.1 Å². The highest BCUT2D eigenvalue weighted by Gasteiger charge is 2.13. The maximum atomic E-state index is 5.96. The lowest BCUT2D eigenvalue weighted by Gasteiger charge is -2.13. The average molecular weight is 344 g/mol. The van der Waals surface area contributed by atoms with Gasteiger partial charge in [0.15, 0.2) is 0 Å². The predicted molar refractivity (Wildman–Crippen MR) is 90.6 cm³/mol. The number of hydrogen-bond donors (Lipinski definition) is 1. The average Bonchev–Trinajstić information content (AvgIpc) is 2.36. The third-order valence-corrected chi connectivity index (χ3v) is 3.94. The highest BCUT2D eigenvalue weighted by atomic mass is 35.5. The predicted octanol–water partition coefficient (Wildman–Crippen LogP) is 5.14. The summed E-state index contributed by atoms with van der Waals surface area (Å²) in [5.74, 6) is 1.13. The molecule has 0 aliphatic carbocycles. The number of thioether (sulfide) groups is 1. The van der Waals surface area contributed by atoms with Crippen molar-refractivity contribution in [1.82, 2.24) is 0 Å². The van der Waals surface area contributed by atoms with Gasteiger partial charge in [0.1, 0.15) is 16.5 Å².